The molecule has 0 unspecified atom stereocenters. The van der Waals surface area contributed by atoms with Gasteiger partial charge in [-0.2, -0.15) is 0 Å². The van der Waals surface area contributed by atoms with Gasteiger partial charge in [0.2, 0.25) is 0 Å². The highest BCUT2D eigenvalue weighted by Crippen LogP contribution is 2.33. The van der Waals surface area contributed by atoms with Crippen LogP contribution in [0.2, 0.25) is 0 Å². The van der Waals surface area contributed by atoms with E-state index in [1.54, 1.807) is 31.8 Å². The van der Waals surface area contributed by atoms with Crippen LogP contribution in [0, 0.1) is 13.8 Å². The molecule has 31 heavy (non-hydrogen) atoms. The Labute approximate surface area is 186 Å². The Morgan fingerprint density at radius 2 is 1.90 bits per heavy atom. The predicted molar refractivity (Wildman–Crippen MR) is 122 cm³/mol. The molecule has 2 aromatic heterocycles. The maximum atomic E-state index is 12.8. The van der Waals surface area contributed by atoms with E-state index in [2.05, 4.69) is 27.3 Å². The van der Waals surface area contributed by atoms with Crippen LogP contribution in [0.1, 0.15) is 32.9 Å². The van der Waals surface area contributed by atoms with Gasteiger partial charge in [0, 0.05) is 49.1 Å². The van der Waals surface area contributed by atoms with Gasteiger partial charge in [0.05, 0.1) is 19.8 Å². The summed E-state index contributed by atoms with van der Waals surface area (Å²) in [5.41, 5.74) is 5.18. The molecule has 0 spiro atoms. The molecule has 1 amide bonds. The van der Waals surface area contributed by atoms with Crippen LogP contribution in [0.15, 0.2) is 29.8 Å². The highest BCUT2D eigenvalue weighted by atomic mass is 32.1. The molecule has 1 N–H and O–H groups in total. The zero-order valence-electron chi connectivity index (χ0n) is 18.4. The summed E-state index contributed by atoms with van der Waals surface area (Å²) in [6.45, 7) is 7.15. The van der Waals surface area contributed by atoms with E-state index in [0.717, 1.165) is 54.1 Å². The molecule has 1 aliphatic rings. The first-order chi connectivity index (χ1) is 15.0. The van der Waals surface area contributed by atoms with Gasteiger partial charge in [-0.3, -0.25) is 14.3 Å². The molecule has 4 rings (SSSR count). The molecule has 0 atom stereocenters. The Morgan fingerprint density at radius 1 is 1.16 bits per heavy atom. The number of nitrogens with one attached hydrogen (secondary N) is 1. The maximum Gasteiger partial charge on any atom is 0.253 e. The second kappa shape index (κ2) is 9.11. The standard InChI is InChI=1S/C23H28N4O3S/c1-15-11-19(16(2)27(15)23-25-7-10-31-23)22(28)24-6-9-26-8-5-17-12-20(29-3)21(30-4)13-18(17)14-26/h7,10-13H,5-6,8-9,14H2,1-4H3,(H,24,28). The first kappa shape index (κ1) is 21.4. The number of fused-ring (bicyclic) bond motifs is 1. The Morgan fingerprint density at radius 3 is 2.58 bits per heavy atom. The van der Waals surface area contributed by atoms with Crippen LogP contribution in [0.4, 0.5) is 0 Å². The van der Waals surface area contributed by atoms with Gasteiger partial charge in [-0.1, -0.05) is 0 Å². The third-order valence-electron chi connectivity index (χ3n) is 5.80. The summed E-state index contributed by atoms with van der Waals surface area (Å²) in [5, 5.41) is 5.91. The fourth-order valence-electron chi connectivity index (χ4n) is 4.17. The minimum Gasteiger partial charge on any atom is -0.493 e. The van der Waals surface area contributed by atoms with Crippen molar-refractivity contribution in [2.24, 2.45) is 0 Å². The van der Waals surface area contributed by atoms with Crippen molar-refractivity contribution in [3.63, 3.8) is 0 Å². The van der Waals surface area contributed by atoms with E-state index in [9.17, 15) is 4.79 Å². The Kier molecular flexibility index (Phi) is 6.29. The average molecular weight is 441 g/mol. The second-order valence-corrected chi connectivity index (χ2v) is 8.57. The van der Waals surface area contributed by atoms with Crippen molar-refractivity contribution in [3.05, 3.63) is 57.9 Å². The van der Waals surface area contributed by atoms with Crippen LogP contribution in [0.3, 0.4) is 0 Å². The monoisotopic (exact) mass is 440 g/mol. The minimum absolute atomic E-state index is 0.0419. The molecule has 7 nitrogen and oxygen atoms in total. The van der Waals surface area contributed by atoms with Crippen LogP contribution >= 0.6 is 11.3 Å². The van der Waals surface area contributed by atoms with E-state index in [1.807, 2.05) is 29.9 Å². The van der Waals surface area contributed by atoms with E-state index in [-0.39, 0.29) is 5.91 Å². The van der Waals surface area contributed by atoms with E-state index < -0.39 is 0 Å². The van der Waals surface area contributed by atoms with Gasteiger partial charge in [-0.25, -0.2) is 4.98 Å². The molecule has 0 radical (unpaired) electrons. The van der Waals surface area contributed by atoms with E-state index in [4.69, 9.17) is 9.47 Å². The zero-order valence-corrected chi connectivity index (χ0v) is 19.2. The summed E-state index contributed by atoms with van der Waals surface area (Å²) >= 11 is 1.56. The topological polar surface area (TPSA) is 68.6 Å². The minimum atomic E-state index is -0.0419. The lowest BCUT2D eigenvalue weighted by Crippen LogP contribution is -2.38. The molecule has 8 heteroatoms. The van der Waals surface area contributed by atoms with Crippen LogP contribution in [0.25, 0.3) is 5.13 Å². The molecule has 1 aromatic carbocycles. The summed E-state index contributed by atoms with van der Waals surface area (Å²) in [6.07, 6.45) is 2.74. The number of rotatable bonds is 7. The fourth-order valence-corrected chi connectivity index (χ4v) is 4.92. The van der Waals surface area contributed by atoms with Crippen molar-refractivity contribution in [1.82, 2.24) is 19.8 Å². The van der Waals surface area contributed by atoms with E-state index in [0.29, 0.717) is 12.1 Å². The number of carbonyl (C=O) groups excluding carboxylic acids is 1. The highest BCUT2D eigenvalue weighted by molar-refractivity contribution is 7.12. The fraction of sp³-hybridized carbons (Fsp3) is 0.391. The molecule has 0 saturated carbocycles. The number of aromatic nitrogens is 2. The number of benzene rings is 1. The number of hydrogen-bond acceptors (Lipinski definition) is 6. The second-order valence-electron chi connectivity index (χ2n) is 7.69. The summed E-state index contributed by atoms with van der Waals surface area (Å²) < 4.78 is 12.9. The van der Waals surface area contributed by atoms with E-state index in [1.165, 1.54) is 11.1 Å². The normalized spacial score (nSPS) is 13.7. The van der Waals surface area contributed by atoms with Gasteiger partial charge < -0.3 is 14.8 Å². The molecule has 164 valence electrons. The Bertz CT molecular complexity index is 1080. The first-order valence-electron chi connectivity index (χ1n) is 10.3. The first-order valence-corrected chi connectivity index (χ1v) is 11.2. The maximum absolute atomic E-state index is 12.8. The number of aryl methyl sites for hydroxylation is 1. The van der Waals surface area contributed by atoms with Crippen LogP contribution in [0.5, 0.6) is 11.5 Å². The predicted octanol–water partition coefficient (Wildman–Crippen LogP) is 3.36. The largest absolute Gasteiger partial charge is 0.493 e. The van der Waals surface area contributed by atoms with Crippen molar-refractivity contribution >= 4 is 17.2 Å². The van der Waals surface area contributed by atoms with Gasteiger partial charge in [0.1, 0.15) is 0 Å². The lowest BCUT2D eigenvalue weighted by Gasteiger charge is -2.29. The molecular formula is C23H28N4O3S. The smallest absolute Gasteiger partial charge is 0.253 e. The number of methoxy groups -OCH3 is 2. The number of hydrogen-bond donors (Lipinski definition) is 1. The number of amides is 1. The van der Waals surface area contributed by atoms with Gasteiger partial charge in [0.15, 0.2) is 16.6 Å². The average Bonchev–Trinajstić information content (AvgIpc) is 3.39. The number of carbonyl (C=O) groups is 1. The SMILES string of the molecule is COc1cc2c(cc1OC)CN(CCNC(=O)c1cc(C)n(-c3nccs3)c1C)CC2. The van der Waals surface area contributed by atoms with Gasteiger partial charge >= 0.3 is 0 Å². The van der Waals surface area contributed by atoms with E-state index >= 15 is 0 Å². The molecule has 1 aliphatic heterocycles. The number of nitrogens with zero attached hydrogens (tertiary/aromatic N) is 3. The summed E-state index contributed by atoms with van der Waals surface area (Å²) in [7, 11) is 3.32. The lowest BCUT2D eigenvalue weighted by molar-refractivity contribution is 0.0946. The van der Waals surface area contributed by atoms with Crippen molar-refractivity contribution in [1.29, 1.82) is 0 Å². The van der Waals surface area contributed by atoms with Crippen LogP contribution in [-0.4, -0.2) is 54.2 Å². The van der Waals surface area contributed by atoms with Crippen LogP contribution < -0.4 is 14.8 Å². The molecule has 0 saturated heterocycles. The van der Waals surface area contributed by atoms with Crippen LogP contribution in [-0.2, 0) is 13.0 Å². The quantitative estimate of drug-likeness (QED) is 0.610. The van der Waals surface area contributed by atoms with Gasteiger partial charge in [-0.05, 0) is 49.6 Å². The van der Waals surface area contributed by atoms with Crippen molar-refractivity contribution in [2.45, 2.75) is 26.8 Å². The van der Waals surface area contributed by atoms with Crippen molar-refractivity contribution in [3.8, 4) is 16.6 Å². The number of ether oxygens (including phenoxy) is 2. The van der Waals surface area contributed by atoms with Crippen molar-refractivity contribution < 1.29 is 14.3 Å². The Balaban J connectivity index is 1.36. The highest BCUT2D eigenvalue weighted by Gasteiger charge is 2.21. The third kappa shape index (κ3) is 4.31. The molecule has 0 bridgehead atoms. The van der Waals surface area contributed by atoms with Gasteiger partial charge in [0.25, 0.3) is 5.91 Å². The third-order valence-corrected chi connectivity index (χ3v) is 6.55. The van der Waals surface area contributed by atoms with Crippen molar-refractivity contribution in [2.75, 3.05) is 33.9 Å². The molecular weight excluding hydrogens is 412 g/mol. The summed E-state index contributed by atoms with van der Waals surface area (Å²) in [5.74, 6) is 1.49. The molecule has 0 fully saturated rings. The number of thiazole rings is 1. The lowest BCUT2D eigenvalue weighted by atomic mass is 9.99. The molecule has 3 heterocycles. The Hall–Kier alpha value is -2.84. The summed E-state index contributed by atoms with van der Waals surface area (Å²) in [4.78, 5) is 19.5. The molecule has 0 aliphatic carbocycles. The molecule has 3 aromatic rings. The summed E-state index contributed by atoms with van der Waals surface area (Å²) in [6, 6.07) is 6.07. The zero-order chi connectivity index (χ0) is 22.0. The van der Waals surface area contributed by atoms with Gasteiger partial charge in [-0.15, -0.1) is 11.3 Å².